The molecule has 0 bridgehead atoms. The summed E-state index contributed by atoms with van der Waals surface area (Å²) in [5, 5.41) is 0. The van der Waals surface area contributed by atoms with Crippen LogP contribution in [0.5, 0.6) is 0 Å². The number of sulfonamides is 1. The predicted molar refractivity (Wildman–Crippen MR) is 66.2 cm³/mol. The molecular formula is C12H14N2O3S. The minimum Gasteiger partial charge on any atom is -0.211 e. The van der Waals surface area contributed by atoms with Gasteiger partial charge in [0.25, 0.3) is 0 Å². The number of carbonyl (C=O) groups excluding carboxylic acids is 1. The molecule has 0 radical (unpaired) electrons. The molecule has 0 amide bonds. The van der Waals surface area contributed by atoms with E-state index in [1.807, 2.05) is 13.0 Å². The molecular weight excluding hydrogens is 252 g/mol. The van der Waals surface area contributed by atoms with Gasteiger partial charge >= 0.3 is 0 Å². The minimum absolute atomic E-state index is 0.246. The van der Waals surface area contributed by atoms with Crippen molar-refractivity contribution in [1.82, 2.24) is 4.31 Å². The van der Waals surface area contributed by atoms with E-state index < -0.39 is 16.2 Å². The van der Waals surface area contributed by atoms with Gasteiger partial charge in [0.15, 0.2) is 0 Å². The largest absolute Gasteiger partial charge is 0.244 e. The fourth-order valence-corrected chi connectivity index (χ4v) is 3.80. The zero-order valence-electron chi connectivity index (χ0n) is 10.0. The number of aryl methyl sites for hydroxylation is 1. The Kier molecular flexibility index (Phi) is 3.61. The topological polar surface area (TPSA) is 66.8 Å². The van der Waals surface area contributed by atoms with Gasteiger partial charge in [-0.05, 0) is 37.5 Å². The zero-order valence-corrected chi connectivity index (χ0v) is 10.9. The third kappa shape index (κ3) is 2.36. The monoisotopic (exact) mass is 266 g/mol. The lowest BCUT2D eigenvalue weighted by atomic mass is 10.2. The third-order valence-corrected chi connectivity index (χ3v) is 4.86. The number of rotatable bonds is 3. The third-order valence-electron chi connectivity index (χ3n) is 2.97. The highest BCUT2D eigenvalue weighted by molar-refractivity contribution is 7.89. The molecule has 5 nitrogen and oxygen atoms in total. The Morgan fingerprint density at radius 3 is 2.89 bits per heavy atom. The first kappa shape index (κ1) is 13.0. The maximum Gasteiger partial charge on any atom is 0.244 e. The number of hydrogen-bond acceptors (Lipinski definition) is 4. The Balaban J connectivity index is 2.39. The van der Waals surface area contributed by atoms with Crippen molar-refractivity contribution in [2.24, 2.45) is 4.99 Å². The van der Waals surface area contributed by atoms with E-state index >= 15 is 0 Å². The molecule has 2 rings (SSSR count). The summed E-state index contributed by atoms with van der Waals surface area (Å²) in [4.78, 5) is 14.1. The first-order valence-corrected chi connectivity index (χ1v) is 7.15. The second kappa shape index (κ2) is 5.02. The number of benzene rings is 1. The molecule has 1 aromatic rings. The number of aliphatic imine (C=N–C) groups is 1. The summed E-state index contributed by atoms with van der Waals surface area (Å²) in [5.41, 5.74) is 0.880. The van der Waals surface area contributed by atoms with Crippen LogP contribution in [0.4, 0.5) is 0 Å². The van der Waals surface area contributed by atoms with Gasteiger partial charge in [0.2, 0.25) is 16.1 Å². The Morgan fingerprint density at radius 2 is 2.22 bits per heavy atom. The Morgan fingerprint density at radius 1 is 1.44 bits per heavy atom. The van der Waals surface area contributed by atoms with Gasteiger partial charge in [-0.2, -0.15) is 9.30 Å². The molecule has 1 unspecified atom stereocenters. The zero-order chi connectivity index (χ0) is 13.2. The van der Waals surface area contributed by atoms with Gasteiger partial charge in [-0.25, -0.2) is 13.2 Å². The first-order valence-electron chi connectivity index (χ1n) is 5.71. The molecule has 0 spiro atoms. The molecule has 0 N–H and O–H groups in total. The Labute approximate surface area is 106 Å². The molecule has 1 aromatic carbocycles. The van der Waals surface area contributed by atoms with Gasteiger partial charge in [0.05, 0.1) is 4.90 Å². The molecule has 1 atom stereocenters. The average molecular weight is 266 g/mol. The first-order chi connectivity index (χ1) is 8.55. The number of hydrogen-bond donors (Lipinski definition) is 0. The maximum absolute atomic E-state index is 12.4. The van der Waals surface area contributed by atoms with Crippen molar-refractivity contribution in [3.05, 3.63) is 29.8 Å². The maximum atomic E-state index is 12.4. The SMILES string of the molecule is Cc1cccc(S(=O)(=O)N2CCCC2N=C=O)c1. The smallest absolute Gasteiger partial charge is 0.211 e. The highest BCUT2D eigenvalue weighted by Crippen LogP contribution is 2.26. The van der Waals surface area contributed by atoms with Gasteiger partial charge in [0, 0.05) is 6.54 Å². The quantitative estimate of drug-likeness (QED) is 0.614. The fraction of sp³-hybridized carbons (Fsp3) is 0.417. The van der Waals surface area contributed by atoms with E-state index in [4.69, 9.17) is 0 Å². The minimum atomic E-state index is -3.57. The lowest BCUT2D eigenvalue weighted by molar-refractivity contribution is 0.395. The van der Waals surface area contributed by atoms with Crippen molar-refractivity contribution < 1.29 is 13.2 Å². The highest BCUT2D eigenvalue weighted by Gasteiger charge is 2.35. The van der Waals surface area contributed by atoms with Gasteiger partial charge in [-0.1, -0.05) is 12.1 Å². The van der Waals surface area contributed by atoms with E-state index in [9.17, 15) is 13.2 Å². The van der Waals surface area contributed by atoms with Crippen molar-refractivity contribution in [3.8, 4) is 0 Å². The van der Waals surface area contributed by atoms with Crippen LogP contribution < -0.4 is 0 Å². The number of isocyanates is 1. The molecule has 1 saturated heterocycles. The second-order valence-corrected chi connectivity index (χ2v) is 6.17. The van der Waals surface area contributed by atoms with Gasteiger partial charge in [0.1, 0.15) is 6.17 Å². The Bertz CT molecular complexity index is 591. The van der Waals surface area contributed by atoms with Gasteiger partial charge < -0.3 is 0 Å². The summed E-state index contributed by atoms with van der Waals surface area (Å²) in [6.45, 7) is 2.23. The summed E-state index contributed by atoms with van der Waals surface area (Å²) in [6.07, 6.45) is 2.12. The second-order valence-electron chi connectivity index (χ2n) is 4.28. The van der Waals surface area contributed by atoms with E-state index in [0.29, 0.717) is 19.4 Å². The number of nitrogens with zero attached hydrogens (tertiary/aromatic N) is 2. The Hall–Kier alpha value is -1.49. The van der Waals surface area contributed by atoms with Crippen LogP contribution >= 0.6 is 0 Å². The summed E-state index contributed by atoms with van der Waals surface area (Å²) in [6, 6.07) is 6.72. The van der Waals surface area contributed by atoms with E-state index in [2.05, 4.69) is 4.99 Å². The summed E-state index contributed by atoms with van der Waals surface area (Å²) < 4.78 is 26.1. The fourth-order valence-electron chi connectivity index (χ4n) is 2.10. The van der Waals surface area contributed by atoms with Gasteiger partial charge in [-0.3, -0.25) is 0 Å². The molecule has 96 valence electrons. The molecule has 0 saturated carbocycles. The van der Waals surface area contributed by atoms with E-state index in [1.54, 1.807) is 18.2 Å². The summed E-state index contributed by atoms with van der Waals surface area (Å²) >= 11 is 0. The van der Waals surface area contributed by atoms with Gasteiger partial charge in [-0.15, -0.1) is 0 Å². The van der Waals surface area contributed by atoms with Crippen LogP contribution in [0, 0.1) is 6.92 Å². The highest BCUT2D eigenvalue weighted by atomic mass is 32.2. The lowest BCUT2D eigenvalue weighted by Crippen LogP contribution is -2.34. The van der Waals surface area contributed by atoms with Crippen LogP contribution in [0.1, 0.15) is 18.4 Å². The molecule has 1 fully saturated rings. The normalized spacial score (nSPS) is 20.6. The molecule has 0 aliphatic carbocycles. The molecule has 6 heteroatoms. The van der Waals surface area contributed by atoms with Crippen LogP contribution in [0.15, 0.2) is 34.2 Å². The lowest BCUT2D eigenvalue weighted by Gasteiger charge is -2.20. The van der Waals surface area contributed by atoms with E-state index in [-0.39, 0.29) is 4.90 Å². The molecule has 1 aliphatic rings. The standard InChI is InChI=1S/C12H14N2O3S/c1-10-4-2-5-11(8-10)18(16,17)14-7-3-6-12(14)13-9-15/h2,4-5,8,12H,3,6-7H2,1H3. The van der Waals surface area contributed by atoms with Crippen LogP contribution in [-0.2, 0) is 14.8 Å². The van der Waals surface area contributed by atoms with Crippen LogP contribution in [-0.4, -0.2) is 31.5 Å². The van der Waals surface area contributed by atoms with Crippen molar-refractivity contribution in [2.75, 3.05) is 6.54 Å². The van der Waals surface area contributed by atoms with Crippen molar-refractivity contribution in [1.29, 1.82) is 0 Å². The van der Waals surface area contributed by atoms with Crippen molar-refractivity contribution in [2.45, 2.75) is 30.8 Å². The van der Waals surface area contributed by atoms with Crippen LogP contribution in [0.25, 0.3) is 0 Å². The predicted octanol–water partition coefficient (Wildman–Crippen LogP) is 1.44. The van der Waals surface area contributed by atoms with Crippen LogP contribution in [0.3, 0.4) is 0 Å². The molecule has 1 aliphatic heterocycles. The summed E-state index contributed by atoms with van der Waals surface area (Å²) in [7, 11) is -3.57. The van der Waals surface area contributed by atoms with E-state index in [1.165, 1.54) is 10.4 Å². The molecule has 18 heavy (non-hydrogen) atoms. The van der Waals surface area contributed by atoms with E-state index in [0.717, 1.165) is 5.56 Å². The molecule has 0 aromatic heterocycles. The molecule has 1 heterocycles. The van der Waals surface area contributed by atoms with Crippen molar-refractivity contribution in [3.63, 3.8) is 0 Å². The van der Waals surface area contributed by atoms with Crippen LogP contribution in [0.2, 0.25) is 0 Å². The van der Waals surface area contributed by atoms with Crippen molar-refractivity contribution >= 4 is 16.1 Å². The average Bonchev–Trinajstić information content (AvgIpc) is 2.78. The summed E-state index contributed by atoms with van der Waals surface area (Å²) in [5.74, 6) is 0.